The van der Waals surface area contributed by atoms with Crippen molar-refractivity contribution in [2.75, 3.05) is 12.3 Å². The Morgan fingerprint density at radius 1 is 1.27 bits per heavy atom. The summed E-state index contributed by atoms with van der Waals surface area (Å²) in [6.45, 7) is -0.271. The van der Waals surface area contributed by atoms with Gasteiger partial charge < -0.3 is 5.73 Å². The number of carbonyl (C=O) groups excluding carboxylic acids is 1. The van der Waals surface area contributed by atoms with E-state index in [4.69, 9.17) is 17.3 Å². The van der Waals surface area contributed by atoms with Crippen LogP contribution in [0.5, 0.6) is 0 Å². The zero-order valence-electron chi connectivity index (χ0n) is 7.81. The van der Waals surface area contributed by atoms with Crippen LogP contribution in [0.2, 0.25) is 5.02 Å². The van der Waals surface area contributed by atoms with Crippen LogP contribution in [-0.2, 0) is 14.6 Å². The summed E-state index contributed by atoms with van der Waals surface area (Å²) in [5, 5.41) is 0.444. The number of rotatable bonds is 4. The zero-order valence-corrected chi connectivity index (χ0v) is 9.38. The van der Waals surface area contributed by atoms with Crippen LogP contribution < -0.4 is 5.73 Å². The molecule has 0 radical (unpaired) electrons. The first-order valence-electron chi connectivity index (χ1n) is 4.16. The predicted molar refractivity (Wildman–Crippen MR) is 57.6 cm³/mol. The third-order valence-electron chi connectivity index (χ3n) is 1.75. The van der Waals surface area contributed by atoms with Crippen molar-refractivity contribution in [3.05, 3.63) is 29.3 Å². The van der Waals surface area contributed by atoms with Gasteiger partial charge in [-0.15, -0.1) is 0 Å². The Labute approximate surface area is 93.0 Å². The third kappa shape index (κ3) is 3.30. The SMILES string of the molecule is NCC(=O)CS(=O)(=O)c1ccc(Cl)cc1. The Morgan fingerprint density at radius 2 is 1.80 bits per heavy atom. The van der Waals surface area contributed by atoms with Crippen molar-refractivity contribution < 1.29 is 13.2 Å². The Hall–Kier alpha value is -0.910. The van der Waals surface area contributed by atoms with Crippen LogP contribution in [0.15, 0.2) is 29.2 Å². The summed E-state index contributed by atoms with van der Waals surface area (Å²) in [7, 11) is -3.58. The molecule has 0 spiro atoms. The molecule has 2 N–H and O–H groups in total. The van der Waals surface area contributed by atoms with Gasteiger partial charge in [-0.05, 0) is 24.3 Å². The monoisotopic (exact) mass is 247 g/mol. The molecule has 0 saturated heterocycles. The van der Waals surface area contributed by atoms with Crippen LogP contribution >= 0.6 is 11.6 Å². The minimum Gasteiger partial charge on any atom is -0.324 e. The molecule has 0 unspecified atom stereocenters. The summed E-state index contributed by atoms with van der Waals surface area (Å²) in [6.07, 6.45) is 0. The number of hydrogen-bond donors (Lipinski definition) is 1. The largest absolute Gasteiger partial charge is 0.324 e. The van der Waals surface area contributed by atoms with E-state index in [1.54, 1.807) is 0 Å². The van der Waals surface area contributed by atoms with E-state index in [9.17, 15) is 13.2 Å². The highest BCUT2D eigenvalue weighted by Crippen LogP contribution is 2.15. The molecule has 0 fully saturated rings. The molecule has 0 aliphatic rings. The molecule has 82 valence electrons. The Balaban J connectivity index is 2.96. The lowest BCUT2D eigenvalue weighted by Gasteiger charge is -2.02. The van der Waals surface area contributed by atoms with E-state index in [-0.39, 0.29) is 11.4 Å². The molecule has 0 amide bonds. The normalized spacial score (nSPS) is 11.3. The van der Waals surface area contributed by atoms with Gasteiger partial charge in [-0.1, -0.05) is 11.6 Å². The number of nitrogens with two attached hydrogens (primary N) is 1. The standard InChI is InChI=1S/C9H10ClNO3S/c10-7-1-3-9(4-2-7)15(13,14)6-8(12)5-11/h1-4H,5-6,11H2. The minimum absolute atomic E-state index is 0.0775. The fraction of sp³-hybridized carbons (Fsp3) is 0.222. The maximum atomic E-state index is 11.6. The average Bonchev–Trinajstić information content (AvgIpc) is 2.17. The van der Waals surface area contributed by atoms with Crippen molar-refractivity contribution in [2.45, 2.75) is 4.90 Å². The summed E-state index contributed by atoms with van der Waals surface area (Å²) >= 11 is 5.61. The van der Waals surface area contributed by atoms with Gasteiger partial charge in [0.1, 0.15) is 5.75 Å². The number of ketones is 1. The van der Waals surface area contributed by atoms with Gasteiger partial charge >= 0.3 is 0 Å². The van der Waals surface area contributed by atoms with Crippen molar-refractivity contribution in [1.82, 2.24) is 0 Å². The Kier molecular flexibility index (Phi) is 3.84. The van der Waals surface area contributed by atoms with Gasteiger partial charge in [0.05, 0.1) is 11.4 Å². The highest BCUT2D eigenvalue weighted by atomic mass is 35.5. The Morgan fingerprint density at radius 3 is 2.27 bits per heavy atom. The molecule has 0 saturated carbocycles. The van der Waals surface area contributed by atoms with Crippen molar-refractivity contribution in [3.8, 4) is 0 Å². The van der Waals surface area contributed by atoms with Gasteiger partial charge in [0.15, 0.2) is 15.6 Å². The van der Waals surface area contributed by atoms with Crippen LogP contribution in [0.1, 0.15) is 0 Å². The van der Waals surface area contributed by atoms with Gasteiger partial charge in [0.2, 0.25) is 0 Å². The lowest BCUT2D eigenvalue weighted by Crippen LogP contribution is -2.23. The van der Waals surface area contributed by atoms with E-state index in [0.29, 0.717) is 5.02 Å². The fourth-order valence-corrected chi connectivity index (χ4v) is 2.38. The van der Waals surface area contributed by atoms with Gasteiger partial charge in [-0.3, -0.25) is 4.79 Å². The average molecular weight is 248 g/mol. The quantitative estimate of drug-likeness (QED) is 0.847. The zero-order chi connectivity index (χ0) is 11.5. The summed E-state index contributed by atoms with van der Waals surface area (Å²) in [5.41, 5.74) is 5.05. The van der Waals surface area contributed by atoms with Crippen molar-refractivity contribution >= 4 is 27.2 Å². The molecule has 15 heavy (non-hydrogen) atoms. The molecule has 0 aliphatic heterocycles. The first kappa shape index (κ1) is 12.2. The molecule has 1 aromatic carbocycles. The number of hydrogen-bond acceptors (Lipinski definition) is 4. The third-order valence-corrected chi connectivity index (χ3v) is 3.70. The topological polar surface area (TPSA) is 77.2 Å². The summed E-state index contributed by atoms with van der Waals surface area (Å²) < 4.78 is 23.2. The molecule has 1 aromatic rings. The van der Waals surface area contributed by atoms with E-state index >= 15 is 0 Å². The van der Waals surface area contributed by atoms with Crippen molar-refractivity contribution in [1.29, 1.82) is 0 Å². The molecule has 6 heteroatoms. The highest BCUT2D eigenvalue weighted by Gasteiger charge is 2.17. The van der Waals surface area contributed by atoms with Crippen LogP contribution in [-0.4, -0.2) is 26.5 Å². The number of halogens is 1. The lowest BCUT2D eigenvalue weighted by molar-refractivity contribution is -0.115. The molecule has 0 aromatic heterocycles. The second-order valence-corrected chi connectivity index (χ2v) is 5.38. The molecule has 0 bridgehead atoms. The maximum absolute atomic E-state index is 11.6. The first-order chi connectivity index (χ1) is 6.95. The molecule has 0 atom stereocenters. The van der Waals surface area contributed by atoms with Gasteiger partial charge in [-0.2, -0.15) is 0 Å². The maximum Gasteiger partial charge on any atom is 0.185 e. The Bertz CT molecular complexity index is 453. The van der Waals surface area contributed by atoms with Crippen molar-refractivity contribution in [3.63, 3.8) is 0 Å². The van der Waals surface area contributed by atoms with Gasteiger partial charge in [-0.25, -0.2) is 8.42 Å². The molecule has 0 aliphatic carbocycles. The summed E-state index contributed by atoms with van der Waals surface area (Å²) in [4.78, 5) is 11.0. The smallest absolute Gasteiger partial charge is 0.185 e. The second-order valence-electron chi connectivity index (χ2n) is 2.96. The number of benzene rings is 1. The second kappa shape index (κ2) is 4.74. The number of Topliss-reactive ketones (excluding diaryl/α,β-unsaturated/α-hetero) is 1. The lowest BCUT2D eigenvalue weighted by atomic mass is 10.4. The van der Waals surface area contributed by atoms with Gasteiger partial charge in [0.25, 0.3) is 0 Å². The van der Waals surface area contributed by atoms with Crippen LogP contribution in [0.25, 0.3) is 0 Å². The van der Waals surface area contributed by atoms with Crippen LogP contribution in [0.4, 0.5) is 0 Å². The molecule has 0 heterocycles. The van der Waals surface area contributed by atoms with E-state index in [0.717, 1.165) is 0 Å². The molecular formula is C9H10ClNO3S. The summed E-state index contributed by atoms with van der Waals surface area (Å²) in [6, 6.07) is 5.64. The van der Waals surface area contributed by atoms with Crippen LogP contribution in [0.3, 0.4) is 0 Å². The number of carbonyl (C=O) groups is 1. The van der Waals surface area contributed by atoms with E-state index in [1.807, 2.05) is 0 Å². The minimum atomic E-state index is -3.58. The van der Waals surface area contributed by atoms with Gasteiger partial charge in [0, 0.05) is 5.02 Å². The summed E-state index contributed by atoms with van der Waals surface area (Å²) in [5.74, 6) is -1.07. The van der Waals surface area contributed by atoms with E-state index in [2.05, 4.69) is 0 Å². The predicted octanol–water partition coefficient (Wildman–Crippen LogP) is 0.642. The fourth-order valence-electron chi connectivity index (χ4n) is 0.996. The highest BCUT2D eigenvalue weighted by molar-refractivity contribution is 7.92. The van der Waals surface area contributed by atoms with Crippen LogP contribution in [0, 0.1) is 0 Å². The van der Waals surface area contributed by atoms with Crippen molar-refractivity contribution in [2.24, 2.45) is 5.73 Å². The molecule has 1 rings (SSSR count). The number of sulfone groups is 1. The molecular weight excluding hydrogens is 238 g/mol. The van der Waals surface area contributed by atoms with E-state index in [1.165, 1.54) is 24.3 Å². The first-order valence-corrected chi connectivity index (χ1v) is 6.19. The van der Waals surface area contributed by atoms with E-state index < -0.39 is 21.4 Å². The molecule has 4 nitrogen and oxygen atoms in total.